The highest BCUT2D eigenvalue weighted by atomic mass is 19.1. The minimum absolute atomic E-state index is 0.0146. The molecule has 0 spiro atoms. The van der Waals surface area contributed by atoms with Gasteiger partial charge in [0.2, 0.25) is 0 Å². The summed E-state index contributed by atoms with van der Waals surface area (Å²) >= 11 is 0. The van der Waals surface area contributed by atoms with Crippen LogP contribution in [0, 0.1) is 5.82 Å². The molecule has 0 aromatic heterocycles. The third kappa shape index (κ3) is 3.01. The summed E-state index contributed by atoms with van der Waals surface area (Å²) in [7, 11) is 0. The number of amides is 1. The van der Waals surface area contributed by atoms with Gasteiger partial charge < -0.3 is 10.2 Å². The monoisotopic (exact) mass is 276 g/mol. The van der Waals surface area contributed by atoms with Crippen LogP contribution in [0.2, 0.25) is 0 Å². The molecular weight excluding hydrogens is 255 g/mol. The lowest BCUT2D eigenvalue weighted by Crippen LogP contribution is -2.39. The standard InChI is InChI=1S/C16H21FN2O/c17-13-7-5-12(6-8-13)16(20)19-10-9-15(11-19)18-14-3-1-2-4-14/h5-8,14-15,18H,1-4,9-11H2/t15-/m0/s1. The third-order valence-electron chi connectivity index (χ3n) is 4.39. The largest absolute Gasteiger partial charge is 0.337 e. The van der Waals surface area contributed by atoms with Crippen molar-refractivity contribution in [1.29, 1.82) is 0 Å². The fourth-order valence-corrected chi connectivity index (χ4v) is 3.28. The van der Waals surface area contributed by atoms with Crippen molar-refractivity contribution >= 4 is 5.91 Å². The summed E-state index contributed by atoms with van der Waals surface area (Å²) in [5, 5.41) is 3.67. The van der Waals surface area contributed by atoms with Crippen molar-refractivity contribution in [3.63, 3.8) is 0 Å². The summed E-state index contributed by atoms with van der Waals surface area (Å²) in [4.78, 5) is 14.2. The van der Waals surface area contributed by atoms with Crippen molar-refractivity contribution in [2.75, 3.05) is 13.1 Å². The highest BCUT2D eigenvalue weighted by molar-refractivity contribution is 5.94. The van der Waals surface area contributed by atoms with Gasteiger partial charge in [-0.2, -0.15) is 0 Å². The minimum Gasteiger partial charge on any atom is -0.337 e. The first-order valence-electron chi connectivity index (χ1n) is 7.53. The molecule has 3 nitrogen and oxygen atoms in total. The number of nitrogens with one attached hydrogen (secondary N) is 1. The lowest BCUT2D eigenvalue weighted by Gasteiger charge is -2.20. The molecule has 108 valence electrons. The van der Waals surface area contributed by atoms with Gasteiger partial charge in [0.25, 0.3) is 5.91 Å². The Labute approximate surface area is 119 Å². The van der Waals surface area contributed by atoms with Gasteiger partial charge in [-0.05, 0) is 43.5 Å². The van der Waals surface area contributed by atoms with Crippen LogP contribution >= 0.6 is 0 Å². The Kier molecular flexibility index (Phi) is 4.01. The molecule has 1 amide bonds. The second-order valence-corrected chi connectivity index (χ2v) is 5.89. The van der Waals surface area contributed by atoms with E-state index in [0.717, 1.165) is 19.5 Å². The summed E-state index contributed by atoms with van der Waals surface area (Å²) in [6, 6.07) is 6.88. The number of hydrogen-bond donors (Lipinski definition) is 1. The number of rotatable bonds is 3. The summed E-state index contributed by atoms with van der Waals surface area (Å²) in [6.07, 6.45) is 6.19. The van der Waals surface area contributed by atoms with Crippen LogP contribution in [0.3, 0.4) is 0 Å². The highest BCUT2D eigenvalue weighted by Crippen LogP contribution is 2.21. The lowest BCUT2D eigenvalue weighted by molar-refractivity contribution is 0.0788. The number of nitrogens with zero attached hydrogens (tertiary/aromatic N) is 1. The van der Waals surface area contributed by atoms with Crippen LogP contribution in [0.5, 0.6) is 0 Å². The summed E-state index contributed by atoms with van der Waals surface area (Å²) in [6.45, 7) is 1.56. The van der Waals surface area contributed by atoms with Gasteiger partial charge >= 0.3 is 0 Å². The van der Waals surface area contributed by atoms with Crippen LogP contribution in [0.1, 0.15) is 42.5 Å². The van der Waals surface area contributed by atoms with Crippen LogP contribution in [-0.2, 0) is 0 Å². The van der Waals surface area contributed by atoms with E-state index in [4.69, 9.17) is 0 Å². The predicted molar refractivity (Wildman–Crippen MR) is 76.1 cm³/mol. The zero-order valence-electron chi connectivity index (χ0n) is 11.6. The summed E-state index contributed by atoms with van der Waals surface area (Å²) in [5.41, 5.74) is 0.577. The van der Waals surface area contributed by atoms with Crippen molar-refractivity contribution in [3.05, 3.63) is 35.6 Å². The van der Waals surface area contributed by atoms with E-state index in [9.17, 15) is 9.18 Å². The Morgan fingerprint density at radius 3 is 2.50 bits per heavy atom. The number of hydrogen-bond acceptors (Lipinski definition) is 2. The van der Waals surface area contributed by atoms with Gasteiger partial charge in [0.05, 0.1) is 0 Å². The second-order valence-electron chi connectivity index (χ2n) is 5.89. The molecule has 0 unspecified atom stereocenters. The van der Waals surface area contributed by atoms with Gasteiger partial charge in [-0.25, -0.2) is 4.39 Å². The molecule has 1 heterocycles. The Morgan fingerprint density at radius 1 is 1.10 bits per heavy atom. The van der Waals surface area contributed by atoms with Gasteiger partial charge in [0.15, 0.2) is 0 Å². The molecule has 1 N–H and O–H groups in total. The van der Waals surface area contributed by atoms with Gasteiger partial charge in [0.1, 0.15) is 5.82 Å². The first-order chi connectivity index (χ1) is 9.72. The fourth-order valence-electron chi connectivity index (χ4n) is 3.28. The zero-order chi connectivity index (χ0) is 13.9. The molecule has 1 aliphatic heterocycles. The first kappa shape index (κ1) is 13.6. The quantitative estimate of drug-likeness (QED) is 0.920. The van der Waals surface area contributed by atoms with E-state index in [1.807, 2.05) is 4.90 Å². The van der Waals surface area contributed by atoms with E-state index in [-0.39, 0.29) is 11.7 Å². The molecule has 1 atom stereocenters. The Balaban J connectivity index is 1.56. The molecule has 1 saturated carbocycles. The van der Waals surface area contributed by atoms with E-state index in [1.54, 1.807) is 12.1 Å². The molecule has 1 aromatic rings. The van der Waals surface area contributed by atoms with Crippen molar-refractivity contribution in [2.24, 2.45) is 0 Å². The van der Waals surface area contributed by atoms with Crippen LogP contribution < -0.4 is 5.32 Å². The third-order valence-corrected chi connectivity index (χ3v) is 4.39. The topological polar surface area (TPSA) is 32.3 Å². The van der Waals surface area contributed by atoms with Crippen molar-refractivity contribution < 1.29 is 9.18 Å². The van der Waals surface area contributed by atoms with Gasteiger partial charge in [0, 0.05) is 30.7 Å². The SMILES string of the molecule is O=C(c1ccc(F)cc1)N1CC[C@H](NC2CCCC2)C1. The van der Waals surface area contributed by atoms with Crippen LogP contribution in [0.25, 0.3) is 0 Å². The van der Waals surface area contributed by atoms with Crippen molar-refractivity contribution in [1.82, 2.24) is 10.2 Å². The maximum absolute atomic E-state index is 12.9. The number of likely N-dealkylation sites (tertiary alicyclic amines) is 1. The molecule has 1 aromatic carbocycles. The van der Waals surface area contributed by atoms with E-state index in [0.29, 0.717) is 17.6 Å². The van der Waals surface area contributed by atoms with E-state index >= 15 is 0 Å². The summed E-state index contributed by atoms with van der Waals surface area (Å²) < 4.78 is 12.9. The molecule has 0 radical (unpaired) electrons. The Morgan fingerprint density at radius 2 is 1.80 bits per heavy atom. The molecule has 0 bridgehead atoms. The number of carbonyl (C=O) groups is 1. The predicted octanol–water partition coefficient (Wildman–Crippen LogP) is 2.57. The van der Waals surface area contributed by atoms with Gasteiger partial charge in [-0.15, -0.1) is 0 Å². The van der Waals surface area contributed by atoms with Crippen molar-refractivity contribution in [2.45, 2.75) is 44.2 Å². The normalized spacial score (nSPS) is 23.4. The molecule has 1 aliphatic carbocycles. The Hall–Kier alpha value is -1.42. The Bertz CT molecular complexity index is 468. The van der Waals surface area contributed by atoms with E-state index in [1.165, 1.54) is 37.8 Å². The number of benzene rings is 1. The average Bonchev–Trinajstić information content (AvgIpc) is 3.11. The van der Waals surface area contributed by atoms with Crippen LogP contribution in [0.15, 0.2) is 24.3 Å². The molecule has 2 fully saturated rings. The maximum atomic E-state index is 12.9. The first-order valence-corrected chi connectivity index (χ1v) is 7.53. The maximum Gasteiger partial charge on any atom is 0.253 e. The van der Waals surface area contributed by atoms with Crippen LogP contribution in [0.4, 0.5) is 4.39 Å². The van der Waals surface area contributed by atoms with Gasteiger partial charge in [-0.3, -0.25) is 4.79 Å². The zero-order valence-corrected chi connectivity index (χ0v) is 11.6. The smallest absolute Gasteiger partial charge is 0.253 e. The van der Waals surface area contributed by atoms with Gasteiger partial charge in [-0.1, -0.05) is 12.8 Å². The molecule has 20 heavy (non-hydrogen) atoms. The van der Waals surface area contributed by atoms with E-state index in [2.05, 4.69) is 5.32 Å². The van der Waals surface area contributed by atoms with Crippen molar-refractivity contribution in [3.8, 4) is 0 Å². The average molecular weight is 276 g/mol. The second kappa shape index (κ2) is 5.92. The molecule has 4 heteroatoms. The fraction of sp³-hybridized carbons (Fsp3) is 0.562. The molecule has 3 rings (SSSR count). The number of carbonyl (C=O) groups excluding carboxylic acids is 1. The molecule has 2 aliphatic rings. The lowest BCUT2D eigenvalue weighted by atomic mass is 10.2. The van der Waals surface area contributed by atoms with E-state index < -0.39 is 0 Å². The molecular formula is C16H21FN2O. The highest BCUT2D eigenvalue weighted by Gasteiger charge is 2.29. The number of halogens is 1. The summed E-state index contributed by atoms with van der Waals surface area (Å²) in [5.74, 6) is -0.288. The molecule has 1 saturated heterocycles. The minimum atomic E-state index is -0.302. The van der Waals surface area contributed by atoms with Crippen LogP contribution in [-0.4, -0.2) is 36.0 Å².